The van der Waals surface area contributed by atoms with Gasteiger partial charge in [0.05, 0.1) is 6.54 Å². The number of hydrogen-bond acceptors (Lipinski definition) is 4. The average Bonchev–Trinajstić information content (AvgIpc) is 2.53. The third-order valence-electron chi connectivity index (χ3n) is 4.73. The van der Waals surface area contributed by atoms with Crippen LogP contribution in [0.3, 0.4) is 0 Å². The maximum Gasteiger partial charge on any atom is 0.225 e. The van der Waals surface area contributed by atoms with Crippen molar-refractivity contribution < 1.29 is 19.8 Å². The molecule has 1 unspecified atom stereocenters. The number of amides is 1. The van der Waals surface area contributed by atoms with E-state index >= 15 is 0 Å². The van der Waals surface area contributed by atoms with Crippen molar-refractivity contribution in [3.8, 4) is 11.5 Å². The van der Waals surface area contributed by atoms with Crippen LogP contribution in [-0.4, -0.2) is 40.4 Å². The van der Waals surface area contributed by atoms with Crippen LogP contribution in [0.2, 0.25) is 0 Å². The third-order valence-corrected chi connectivity index (χ3v) is 4.73. The van der Waals surface area contributed by atoms with E-state index in [9.17, 15) is 19.8 Å². The Hall–Kier alpha value is -2.04. The Balaban J connectivity index is 1.98. The molecule has 1 amide bonds. The molecule has 2 N–H and O–H groups in total. The number of aromatic hydroxyl groups is 2. The zero-order valence-electron chi connectivity index (χ0n) is 13.8. The Bertz CT molecular complexity index is 558. The highest BCUT2D eigenvalue weighted by atomic mass is 16.3. The van der Waals surface area contributed by atoms with Gasteiger partial charge in [0.2, 0.25) is 5.91 Å². The number of rotatable bonds is 5. The summed E-state index contributed by atoms with van der Waals surface area (Å²) in [4.78, 5) is 26.2. The van der Waals surface area contributed by atoms with Gasteiger partial charge in [-0.1, -0.05) is 26.2 Å². The smallest absolute Gasteiger partial charge is 0.225 e. The molecule has 1 aliphatic carbocycles. The first-order valence-corrected chi connectivity index (χ1v) is 8.19. The molecule has 1 atom stereocenters. The van der Waals surface area contributed by atoms with E-state index in [1.807, 2.05) is 6.92 Å². The molecular formula is C18H25NO4. The summed E-state index contributed by atoms with van der Waals surface area (Å²) in [6, 6.07) is 3.76. The second-order valence-corrected chi connectivity index (χ2v) is 6.54. The van der Waals surface area contributed by atoms with E-state index in [2.05, 4.69) is 0 Å². The van der Waals surface area contributed by atoms with Gasteiger partial charge in [0.15, 0.2) is 5.78 Å². The number of likely N-dealkylation sites (N-methyl/N-ethyl adjacent to an activating group) is 1. The normalized spacial score (nSPS) is 16.8. The van der Waals surface area contributed by atoms with Crippen LogP contribution in [0.25, 0.3) is 0 Å². The summed E-state index contributed by atoms with van der Waals surface area (Å²) in [5, 5.41) is 18.9. The zero-order valence-corrected chi connectivity index (χ0v) is 13.8. The van der Waals surface area contributed by atoms with Crippen LogP contribution in [0.5, 0.6) is 11.5 Å². The second-order valence-electron chi connectivity index (χ2n) is 6.54. The van der Waals surface area contributed by atoms with Crippen LogP contribution < -0.4 is 0 Å². The second kappa shape index (κ2) is 7.49. The number of phenolic OH excluding ortho intramolecular Hbond substituents is 2. The predicted molar refractivity (Wildman–Crippen MR) is 87.5 cm³/mol. The molecule has 1 aromatic carbocycles. The monoisotopic (exact) mass is 319 g/mol. The molecule has 1 aliphatic rings. The molecule has 1 fully saturated rings. The molecule has 126 valence electrons. The number of phenols is 2. The quantitative estimate of drug-likeness (QED) is 0.818. The van der Waals surface area contributed by atoms with Crippen molar-refractivity contribution >= 4 is 11.7 Å². The van der Waals surface area contributed by atoms with Crippen LogP contribution in [0.4, 0.5) is 0 Å². The van der Waals surface area contributed by atoms with Gasteiger partial charge < -0.3 is 15.1 Å². The minimum atomic E-state index is -0.303. The lowest BCUT2D eigenvalue weighted by Gasteiger charge is -2.29. The highest BCUT2D eigenvalue weighted by molar-refractivity contribution is 6.00. The SMILES string of the molecule is CC(C(=O)N(C)CC(=O)c1cc(O)cc(O)c1)C1CCCCC1. The maximum absolute atomic E-state index is 12.5. The number of hydrogen-bond donors (Lipinski definition) is 2. The summed E-state index contributed by atoms with van der Waals surface area (Å²) in [6.45, 7) is 1.89. The van der Waals surface area contributed by atoms with Gasteiger partial charge >= 0.3 is 0 Å². The number of carbonyl (C=O) groups is 2. The lowest BCUT2D eigenvalue weighted by Crippen LogP contribution is -2.38. The highest BCUT2D eigenvalue weighted by Gasteiger charge is 2.28. The molecule has 0 spiro atoms. The van der Waals surface area contributed by atoms with E-state index in [4.69, 9.17) is 0 Å². The first kappa shape index (κ1) is 17.3. The predicted octanol–water partition coefficient (Wildman–Crippen LogP) is 2.96. The first-order chi connectivity index (χ1) is 10.9. The van der Waals surface area contributed by atoms with Gasteiger partial charge in [-0.05, 0) is 30.9 Å². The topological polar surface area (TPSA) is 77.8 Å². The Morgan fingerprint density at radius 3 is 2.26 bits per heavy atom. The lowest BCUT2D eigenvalue weighted by molar-refractivity contribution is -0.135. The van der Waals surface area contributed by atoms with Crippen molar-refractivity contribution in [1.82, 2.24) is 4.90 Å². The van der Waals surface area contributed by atoms with Crippen LogP contribution >= 0.6 is 0 Å². The van der Waals surface area contributed by atoms with Crippen molar-refractivity contribution in [1.29, 1.82) is 0 Å². The molecule has 2 rings (SSSR count). The van der Waals surface area contributed by atoms with Crippen LogP contribution in [0, 0.1) is 11.8 Å². The van der Waals surface area contributed by atoms with Crippen molar-refractivity contribution in [2.45, 2.75) is 39.0 Å². The molecule has 1 saturated carbocycles. The molecule has 0 heterocycles. The van der Waals surface area contributed by atoms with Gasteiger partial charge in [-0.3, -0.25) is 9.59 Å². The minimum Gasteiger partial charge on any atom is -0.508 e. The summed E-state index contributed by atoms with van der Waals surface area (Å²) < 4.78 is 0. The van der Waals surface area contributed by atoms with Crippen molar-refractivity contribution in [3.63, 3.8) is 0 Å². The first-order valence-electron chi connectivity index (χ1n) is 8.19. The number of benzene rings is 1. The Labute approximate surface area is 136 Å². The molecule has 1 aromatic rings. The molecular weight excluding hydrogens is 294 g/mol. The van der Waals surface area contributed by atoms with Gasteiger partial charge in [-0.25, -0.2) is 0 Å². The fraction of sp³-hybridized carbons (Fsp3) is 0.556. The number of ketones is 1. The van der Waals surface area contributed by atoms with E-state index < -0.39 is 0 Å². The molecule has 23 heavy (non-hydrogen) atoms. The Morgan fingerprint density at radius 2 is 1.70 bits per heavy atom. The number of nitrogens with zero attached hydrogens (tertiary/aromatic N) is 1. The van der Waals surface area contributed by atoms with Gasteiger partial charge in [-0.2, -0.15) is 0 Å². The lowest BCUT2D eigenvalue weighted by atomic mass is 9.80. The van der Waals surface area contributed by atoms with Crippen LogP contribution in [0.1, 0.15) is 49.4 Å². The highest BCUT2D eigenvalue weighted by Crippen LogP contribution is 2.30. The van der Waals surface area contributed by atoms with E-state index in [0.29, 0.717) is 5.92 Å². The summed E-state index contributed by atoms with van der Waals surface area (Å²) in [6.07, 6.45) is 5.75. The Morgan fingerprint density at radius 1 is 1.13 bits per heavy atom. The van der Waals surface area contributed by atoms with Crippen LogP contribution in [-0.2, 0) is 4.79 Å². The van der Waals surface area contributed by atoms with E-state index in [1.165, 1.54) is 36.3 Å². The fourth-order valence-electron chi connectivity index (χ4n) is 3.32. The molecule has 0 saturated heterocycles. The summed E-state index contributed by atoms with van der Waals surface area (Å²) >= 11 is 0. The molecule has 0 aliphatic heterocycles. The largest absolute Gasteiger partial charge is 0.508 e. The molecule has 5 nitrogen and oxygen atoms in total. The van der Waals surface area contributed by atoms with Crippen LogP contribution in [0.15, 0.2) is 18.2 Å². The maximum atomic E-state index is 12.5. The third kappa shape index (κ3) is 4.47. The zero-order chi connectivity index (χ0) is 17.0. The van der Waals surface area contributed by atoms with E-state index in [0.717, 1.165) is 18.9 Å². The van der Waals surface area contributed by atoms with E-state index in [-0.39, 0.29) is 41.2 Å². The minimum absolute atomic E-state index is 0.0189. The molecule has 5 heteroatoms. The number of Topliss-reactive ketones (excluding diaryl/α,β-unsaturated/α-hetero) is 1. The van der Waals surface area contributed by atoms with Crippen molar-refractivity contribution in [3.05, 3.63) is 23.8 Å². The van der Waals surface area contributed by atoms with Crippen molar-refractivity contribution in [2.24, 2.45) is 11.8 Å². The fourth-order valence-corrected chi connectivity index (χ4v) is 3.32. The van der Waals surface area contributed by atoms with E-state index in [1.54, 1.807) is 7.05 Å². The van der Waals surface area contributed by atoms with Gasteiger partial charge in [0.1, 0.15) is 11.5 Å². The summed E-state index contributed by atoms with van der Waals surface area (Å²) in [5.74, 6) is -0.336. The molecule has 0 aromatic heterocycles. The Kier molecular flexibility index (Phi) is 5.64. The van der Waals surface area contributed by atoms with Crippen molar-refractivity contribution in [2.75, 3.05) is 13.6 Å². The van der Waals surface area contributed by atoms with Gasteiger partial charge in [-0.15, -0.1) is 0 Å². The molecule has 0 radical (unpaired) electrons. The average molecular weight is 319 g/mol. The van der Waals surface area contributed by atoms with Gasteiger partial charge in [0, 0.05) is 24.6 Å². The molecule has 0 bridgehead atoms. The summed E-state index contributed by atoms with van der Waals surface area (Å²) in [5.41, 5.74) is 0.201. The van der Waals surface area contributed by atoms with Gasteiger partial charge in [0.25, 0.3) is 0 Å². The summed E-state index contributed by atoms with van der Waals surface area (Å²) in [7, 11) is 1.63. The standard InChI is InChI=1S/C18H25NO4/c1-12(13-6-4-3-5-7-13)18(23)19(2)11-17(22)14-8-15(20)10-16(21)9-14/h8-10,12-13,20-21H,3-7,11H2,1-2H3. The number of carbonyl (C=O) groups excluding carboxylic acids is 2.